The van der Waals surface area contributed by atoms with Crippen LogP contribution in [0.4, 0.5) is 0 Å². The van der Waals surface area contributed by atoms with Gasteiger partial charge in [0.15, 0.2) is 0 Å². The molecule has 2 aliphatic heterocycles. The number of nitrogens with one attached hydrogen (secondary N) is 1. The molecule has 2 N–H and O–H groups in total. The molecule has 98 valence electrons. The average molecular weight is 242 g/mol. The zero-order chi connectivity index (χ0) is 12.3. The molecular formula is C12H22N2O3. The molecule has 0 spiro atoms. The molecule has 2 aliphatic rings. The second kappa shape index (κ2) is 5.33. The number of carbonyl (C=O) groups is 1. The van der Waals surface area contributed by atoms with Crippen LogP contribution in [-0.2, 0) is 9.53 Å². The number of ether oxygens (including phenoxy) is 1. The van der Waals surface area contributed by atoms with Gasteiger partial charge in [0.25, 0.3) is 0 Å². The molecule has 2 saturated heterocycles. The third kappa shape index (κ3) is 2.97. The second-order valence-electron chi connectivity index (χ2n) is 5.46. The van der Waals surface area contributed by atoms with Gasteiger partial charge in [0.1, 0.15) is 5.41 Å². The van der Waals surface area contributed by atoms with Gasteiger partial charge in [0, 0.05) is 13.1 Å². The molecule has 0 aliphatic carbocycles. The predicted molar refractivity (Wildman–Crippen MR) is 64.0 cm³/mol. The Morgan fingerprint density at radius 3 is 2.82 bits per heavy atom. The van der Waals surface area contributed by atoms with E-state index in [9.17, 15) is 4.79 Å². The van der Waals surface area contributed by atoms with Crippen molar-refractivity contribution in [3.05, 3.63) is 0 Å². The van der Waals surface area contributed by atoms with Crippen molar-refractivity contribution >= 4 is 5.97 Å². The van der Waals surface area contributed by atoms with Gasteiger partial charge >= 0.3 is 5.97 Å². The van der Waals surface area contributed by atoms with Crippen LogP contribution in [0.25, 0.3) is 0 Å². The zero-order valence-corrected chi connectivity index (χ0v) is 10.4. The molecule has 17 heavy (non-hydrogen) atoms. The number of likely N-dealkylation sites (tertiary alicyclic amines) is 1. The number of carboxylic acid groups (broad SMARTS) is 1. The highest BCUT2D eigenvalue weighted by Gasteiger charge is 2.45. The topological polar surface area (TPSA) is 61.8 Å². The standard InChI is InChI=1S/C12H22N2O3/c1-14-5-3-10(6-14)2-4-13-7-12(11(15)16)8-17-9-12/h10,13H,2-9H2,1H3,(H,15,16). The molecule has 0 aromatic carbocycles. The third-order valence-electron chi connectivity index (χ3n) is 3.89. The number of hydrogen-bond donors (Lipinski definition) is 2. The fourth-order valence-corrected chi connectivity index (χ4v) is 2.55. The Kier molecular flexibility index (Phi) is 4.01. The summed E-state index contributed by atoms with van der Waals surface area (Å²) in [4.78, 5) is 13.4. The lowest BCUT2D eigenvalue weighted by Crippen LogP contribution is -2.55. The monoisotopic (exact) mass is 242 g/mol. The Balaban J connectivity index is 1.61. The van der Waals surface area contributed by atoms with Gasteiger partial charge in [0.2, 0.25) is 0 Å². The van der Waals surface area contributed by atoms with E-state index in [1.54, 1.807) is 0 Å². The summed E-state index contributed by atoms with van der Waals surface area (Å²) in [5.74, 6) is 0.0303. The molecular weight excluding hydrogens is 220 g/mol. The largest absolute Gasteiger partial charge is 0.481 e. The van der Waals surface area contributed by atoms with Gasteiger partial charge in [-0.2, -0.15) is 0 Å². The van der Waals surface area contributed by atoms with Crippen LogP contribution in [0.1, 0.15) is 12.8 Å². The van der Waals surface area contributed by atoms with E-state index in [1.165, 1.54) is 19.5 Å². The lowest BCUT2D eigenvalue weighted by Gasteiger charge is -2.37. The molecule has 1 unspecified atom stereocenters. The SMILES string of the molecule is CN1CCC(CCNCC2(C(=O)O)COC2)C1. The molecule has 0 amide bonds. The van der Waals surface area contributed by atoms with Gasteiger partial charge < -0.3 is 20.1 Å². The molecule has 0 aromatic heterocycles. The summed E-state index contributed by atoms with van der Waals surface area (Å²) in [6.07, 6.45) is 2.41. The molecule has 0 saturated carbocycles. The van der Waals surface area contributed by atoms with Gasteiger partial charge in [0.05, 0.1) is 13.2 Å². The number of rotatable bonds is 6. The minimum atomic E-state index is -0.739. The van der Waals surface area contributed by atoms with Crippen molar-refractivity contribution < 1.29 is 14.6 Å². The van der Waals surface area contributed by atoms with Crippen LogP contribution >= 0.6 is 0 Å². The van der Waals surface area contributed by atoms with Crippen molar-refractivity contribution in [3.8, 4) is 0 Å². The molecule has 0 bridgehead atoms. The quantitative estimate of drug-likeness (QED) is 0.643. The third-order valence-corrected chi connectivity index (χ3v) is 3.89. The van der Waals surface area contributed by atoms with Crippen molar-refractivity contribution in [3.63, 3.8) is 0 Å². The summed E-state index contributed by atoms with van der Waals surface area (Å²) in [6, 6.07) is 0. The van der Waals surface area contributed by atoms with Crippen LogP contribution in [0, 0.1) is 11.3 Å². The molecule has 5 heteroatoms. The maximum atomic E-state index is 11.1. The van der Waals surface area contributed by atoms with E-state index < -0.39 is 11.4 Å². The molecule has 2 fully saturated rings. The number of carboxylic acids is 1. The average Bonchev–Trinajstić information content (AvgIpc) is 2.61. The van der Waals surface area contributed by atoms with E-state index in [2.05, 4.69) is 17.3 Å². The van der Waals surface area contributed by atoms with E-state index in [4.69, 9.17) is 9.84 Å². The van der Waals surface area contributed by atoms with Crippen LogP contribution in [0.3, 0.4) is 0 Å². The van der Waals surface area contributed by atoms with Crippen molar-refractivity contribution in [2.75, 3.05) is 46.4 Å². The van der Waals surface area contributed by atoms with Gasteiger partial charge in [-0.15, -0.1) is 0 Å². The fraction of sp³-hybridized carbons (Fsp3) is 0.917. The highest BCUT2D eigenvalue weighted by molar-refractivity contribution is 5.76. The van der Waals surface area contributed by atoms with E-state index in [-0.39, 0.29) is 0 Å². The lowest BCUT2D eigenvalue weighted by atomic mass is 9.86. The van der Waals surface area contributed by atoms with Crippen molar-refractivity contribution in [1.82, 2.24) is 10.2 Å². The first kappa shape index (κ1) is 12.8. The number of hydrogen-bond acceptors (Lipinski definition) is 4. The summed E-state index contributed by atoms with van der Waals surface area (Å²) < 4.78 is 5.02. The van der Waals surface area contributed by atoms with Crippen LogP contribution in [0.5, 0.6) is 0 Å². The molecule has 2 rings (SSSR count). The van der Waals surface area contributed by atoms with Gasteiger partial charge in [-0.05, 0) is 38.9 Å². The first-order valence-corrected chi connectivity index (χ1v) is 6.33. The minimum absolute atomic E-state index is 0.349. The van der Waals surface area contributed by atoms with Gasteiger partial charge in [-0.25, -0.2) is 0 Å². The Labute approximate surface area is 102 Å². The van der Waals surface area contributed by atoms with Crippen LogP contribution in [-0.4, -0.2) is 62.4 Å². The Bertz CT molecular complexity index is 279. The van der Waals surface area contributed by atoms with Crippen molar-refractivity contribution in [2.24, 2.45) is 11.3 Å². The summed E-state index contributed by atoms with van der Waals surface area (Å²) in [5, 5.41) is 12.4. The second-order valence-corrected chi connectivity index (χ2v) is 5.46. The van der Waals surface area contributed by atoms with Crippen LogP contribution in [0.2, 0.25) is 0 Å². The first-order chi connectivity index (χ1) is 8.12. The molecule has 2 heterocycles. The summed E-state index contributed by atoms with van der Waals surface area (Å²) in [5.41, 5.74) is -0.660. The summed E-state index contributed by atoms with van der Waals surface area (Å²) in [6.45, 7) is 4.51. The maximum Gasteiger partial charge on any atom is 0.315 e. The van der Waals surface area contributed by atoms with Crippen molar-refractivity contribution in [1.29, 1.82) is 0 Å². The highest BCUT2D eigenvalue weighted by atomic mass is 16.5. The molecule has 5 nitrogen and oxygen atoms in total. The van der Waals surface area contributed by atoms with Gasteiger partial charge in [-0.1, -0.05) is 0 Å². The Morgan fingerprint density at radius 2 is 2.35 bits per heavy atom. The van der Waals surface area contributed by atoms with E-state index in [1.807, 2.05) is 0 Å². The van der Waals surface area contributed by atoms with E-state index in [0.29, 0.717) is 19.8 Å². The number of nitrogens with zero attached hydrogens (tertiary/aromatic N) is 1. The fourth-order valence-electron chi connectivity index (χ4n) is 2.55. The van der Waals surface area contributed by atoms with E-state index >= 15 is 0 Å². The summed E-state index contributed by atoms with van der Waals surface area (Å²) >= 11 is 0. The zero-order valence-electron chi connectivity index (χ0n) is 10.4. The summed E-state index contributed by atoms with van der Waals surface area (Å²) in [7, 11) is 2.15. The van der Waals surface area contributed by atoms with Crippen LogP contribution < -0.4 is 5.32 Å². The van der Waals surface area contributed by atoms with Gasteiger partial charge in [-0.3, -0.25) is 4.79 Å². The smallest absolute Gasteiger partial charge is 0.315 e. The molecule has 1 atom stereocenters. The minimum Gasteiger partial charge on any atom is -0.481 e. The molecule has 0 aromatic rings. The van der Waals surface area contributed by atoms with Crippen molar-refractivity contribution in [2.45, 2.75) is 12.8 Å². The Hall–Kier alpha value is -0.650. The first-order valence-electron chi connectivity index (χ1n) is 6.33. The highest BCUT2D eigenvalue weighted by Crippen LogP contribution is 2.26. The molecule has 0 radical (unpaired) electrons. The normalized spacial score (nSPS) is 27.9. The van der Waals surface area contributed by atoms with E-state index in [0.717, 1.165) is 18.9 Å². The Morgan fingerprint density at radius 1 is 1.59 bits per heavy atom. The lowest BCUT2D eigenvalue weighted by molar-refractivity contribution is -0.178. The van der Waals surface area contributed by atoms with Crippen LogP contribution in [0.15, 0.2) is 0 Å². The maximum absolute atomic E-state index is 11.1. The predicted octanol–water partition coefficient (Wildman–Crippen LogP) is 0.0190. The number of aliphatic carboxylic acids is 1.